The second kappa shape index (κ2) is 5.21. The quantitative estimate of drug-likeness (QED) is 0.911. The van der Waals surface area contributed by atoms with Gasteiger partial charge < -0.3 is 10.1 Å². The van der Waals surface area contributed by atoms with Crippen LogP contribution in [0.4, 0.5) is 5.69 Å². The van der Waals surface area contributed by atoms with Crippen LogP contribution in [0.2, 0.25) is 0 Å². The largest absolute Gasteiger partial charge is 0.384 e. The summed E-state index contributed by atoms with van der Waals surface area (Å²) in [5, 5.41) is 2.95. The number of hydrogen-bond acceptors (Lipinski definition) is 2. The molecule has 0 saturated heterocycles. The highest BCUT2D eigenvalue weighted by atomic mass is 16.5. The summed E-state index contributed by atoms with van der Waals surface area (Å²) in [5.41, 5.74) is 4.00. The van der Waals surface area contributed by atoms with Crippen LogP contribution in [-0.4, -0.2) is 19.6 Å². The summed E-state index contributed by atoms with van der Waals surface area (Å²) in [7, 11) is 1.60. The number of fused-ring (bicyclic) bond motifs is 1. The maximum absolute atomic E-state index is 11.8. The van der Waals surface area contributed by atoms with Crippen molar-refractivity contribution in [2.24, 2.45) is 0 Å². The van der Waals surface area contributed by atoms with E-state index < -0.39 is 0 Å². The molecule has 1 aromatic rings. The molecule has 1 aliphatic rings. The van der Waals surface area contributed by atoms with Crippen LogP contribution in [0.15, 0.2) is 18.2 Å². The molecule has 1 aliphatic carbocycles. The van der Waals surface area contributed by atoms with Crippen LogP contribution in [0.5, 0.6) is 0 Å². The highest BCUT2D eigenvalue weighted by molar-refractivity contribution is 5.91. The van der Waals surface area contributed by atoms with Crippen molar-refractivity contribution < 1.29 is 9.53 Å². The van der Waals surface area contributed by atoms with Gasteiger partial charge in [-0.3, -0.25) is 4.79 Å². The second-order valence-corrected chi connectivity index (χ2v) is 7.00. The maximum atomic E-state index is 11.8. The van der Waals surface area contributed by atoms with Crippen molar-refractivity contribution in [1.29, 1.82) is 0 Å². The molecule has 0 unspecified atom stereocenters. The van der Waals surface area contributed by atoms with Crippen LogP contribution in [0.25, 0.3) is 0 Å². The fraction of sp³-hybridized carbons (Fsp3) is 0.588. The fourth-order valence-electron chi connectivity index (χ4n) is 3.49. The third kappa shape index (κ3) is 2.88. The predicted molar refractivity (Wildman–Crippen MR) is 82.2 cm³/mol. The average molecular weight is 275 g/mol. The van der Waals surface area contributed by atoms with E-state index in [1.54, 1.807) is 7.11 Å². The summed E-state index contributed by atoms with van der Waals surface area (Å²) in [6.45, 7) is 9.58. The van der Waals surface area contributed by atoms with E-state index in [-0.39, 0.29) is 16.7 Å². The minimum atomic E-state index is 0.00173. The number of ether oxygens (including phenoxy) is 1. The molecule has 0 spiro atoms. The van der Waals surface area contributed by atoms with Gasteiger partial charge in [-0.15, -0.1) is 0 Å². The van der Waals surface area contributed by atoms with Gasteiger partial charge in [-0.05, 0) is 40.5 Å². The Hall–Kier alpha value is -1.35. The highest BCUT2D eigenvalue weighted by Crippen LogP contribution is 2.49. The van der Waals surface area contributed by atoms with Crippen molar-refractivity contribution in [2.75, 3.05) is 19.0 Å². The van der Waals surface area contributed by atoms with E-state index in [9.17, 15) is 4.79 Å². The van der Waals surface area contributed by atoms with Crippen molar-refractivity contribution in [1.82, 2.24) is 0 Å². The lowest BCUT2D eigenvalue weighted by atomic mass is 9.82. The number of benzene rings is 1. The zero-order chi connectivity index (χ0) is 15.0. The number of methoxy groups -OCH3 is 1. The summed E-state index contributed by atoms with van der Waals surface area (Å²) in [4.78, 5) is 11.8. The smallest absolute Gasteiger partial charge is 0.226 e. The van der Waals surface area contributed by atoms with Crippen LogP contribution in [0, 0.1) is 0 Å². The van der Waals surface area contributed by atoms with Gasteiger partial charge in [0.15, 0.2) is 0 Å². The number of carbonyl (C=O) groups excluding carboxylic acids is 1. The van der Waals surface area contributed by atoms with Gasteiger partial charge in [-0.2, -0.15) is 0 Å². The molecule has 3 heteroatoms. The number of amides is 1. The van der Waals surface area contributed by atoms with Crippen LogP contribution >= 0.6 is 0 Å². The van der Waals surface area contributed by atoms with Crippen LogP contribution in [0.1, 0.15) is 51.7 Å². The standard InChI is InChI=1S/C17H25NO2/c1-16(2)11-17(3,4)14-10-12(6-7-13(14)16)18-15(19)8-9-20-5/h6-7,10H,8-9,11H2,1-5H3,(H,18,19). The Bertz CT molecular complexity index is 518. The molecule has 0 radical (unpaired) electrons. The number of carbonyl (C=O) groups is 1. The lowest BCUT2D eigenvalue weighted by Crippen LogP contribution is -2.18. The molecule has 0 heterocycles. The van der Waals surface area contributed by atoms with Crippen molar-refractivity contribution in [3.8, 4) is 0 Å². The van der Waals surface area contributed by atoms with Crippen LogP contribution in [0.3, 0.4) is 0 Å². The Morgan fingerprint density at radius 1 is 1.20 bits per heavy atom. The first kappa shape index (κ1) is 15.0. The molecule has 0 fully saturated rings. The SMILES string of the molecule is COCCC(=O)Nc1ccc2c(c1)C(C)(C)CC2(C)C. The van der Waals surface area contributed by atoms with Gasteiger partial charge in [0.2, 0.25) is 5.91 Å². The number of nitrogens with one attached hydrogen (secondary N) is 1. The van der Waals surface area contributed by atoms with Crippen LogP contribution in [-0.2, 0) is 20.4 Å². The van der Waals surface area contributed by atoms with Crippen molar-refractivity contribution in [3.63, 3.8) is 0 Å². The molecule has 110 valence electrons. The van der Waals surface area contributed by atoms with E-state index in [2.05, 4.69) is 45.1 Å². The van der Waals surface area contributed by atoms with Gasteiger partial charge in [0, 0.05) is 12.8 Å². The molecule has 0 atom stereocenters. The van der Waals surface area contributed by atoms with Crippen molar-refractivity contribution >= 4 is 11.6 Å². The summed E-state index contributed by atoms with van der Waals surface area (Å²) >= 11 is 0. The molecule has 1 aromatic carbocycles. The van der Waals surface area contributed by atoms with Gasteiger partial charge in [-0.25, -0.2) is 0 Å². The predicted octanol–water partition coefficient (Wildman–Crippen LogP) is 3.62. The van der Waals surface area contributed by atoms with Gasteiger partial charge in [-0.1, -0.05) is 33.8 Å². The molecule has 0 aliphatic heterocycles. The number of hydrogen-bond donors (Lipinski definition) is 1. The molecule has 20 heavy (non-hydrogen) atoms. The van der Waals surface area contributed by atoms with E-state index in [0.717, 1.165) is 12.1 Å². The fourth-order valence-corrected chi connectivity index (χ4v) is 3.49. The first-order valence-electron chi connectivity index (χ1n) is 7.20. The molecular weight excluding hydrogens is 250 g/mol. The van der Waals surface area contributed by atoms with Crippen molar-refractivity contribution in [3.05, 3.63) is 29.3 Å². The second-order valence-electron chi connectivity index (χ2n) is 7.00. The lowest BCUT2D eigenvalue weighted by Gasteiger charge is -2.22. The third-order valence-corrected chi connectivity index (χ3v) is 4.18. The summed E-state index contributed by atoms with van der Waals surface area (Å²) in [6, 6.07) is 6.30. The van der Waals surface area contributed by atoms with E-state index in [1.807, 2.05) is 6.07 Å². The van der Waals surface area contributed by atoms with Gasteiger partial charge >= 0.3 is 0 Å². The topological polar surface area (TPSA) is 38.3 Å². The first-order chi connectivity index (χ1) is 9.26. The van der Waals surface area contributed by atoms with Gasteiger partial charge in [0.25, 0.3) is 0 Å². The molecule has 2 rings (SSSR count). The van der Waals surface area contributed by atoms with Crippen molar-refractivity contribution in [2.45, 2.75) is 51.4 Å². The van der Waals surface area contributed by atoms with Gasteiger partial charge in [0.05, 0.1) is 13.0 Å². The first-order valence-corrected chi connectivity index (χ1v) is 7.20. The molecule has 0 saturated carbocycles. The van der Waals surface area contributed by atoms with E-state index in [4.69, 9.17) is 4.74 Å². The summed E-state index contributed by atoms with van der Waals surface area (Å²) in [6.07, 6.45) is 1.53. The third-order valence-electron chi connectivity index (χ3n) is 4.18. The molecule has 0 bridgehead atoms. The lowest BCUT2D eigenvalue weighted by molar-refractivity contribution is -0.117. The van der Waals surface area contributed by atoms with E-state index >= 15 is 0 Å². The Kier molecular flexibility index (Phi) is 3.92. The molecule has 1 N–H and O–H groups in total. The van der Waals surface area contributed by atoms with Gasteiger partial charge in [0.1, 0.15) is 0 Å². The van der Waals surface area contributed by atoms with E-state index in [0.29, 0.717) is 13.0 Å². The van der Waals surface area contributed by atoms with E-state index in [1.165, 1.54) is 11.1 Å². The number of anilines is 1. The zero-order valence-corrected chi connectivity index (χ0v) is 13.2. The number of rotatable bonds is 4. The Morgan fingerprint density at radius 3 is 2.50 bits per heavy atom. The molecule has 0 aromatic heterocycles. The normalized spacial score (nSPS) is 18.6. The maximum Gasteiger partial charge on any atom is 0.226 e. The highest BCUT2D eigenvalue weighted by Gasteiger charge is 2.41. The minimum absolute atomic E-state index is 0.00173. The Balaban J connectivity index is 2.22. The Labute approximate surface area is 121 Å². The molecule has 3 nitrogen and oxygen atoms in total. The monoisotopic (exact) mass is 275 g/mol. The zero-order valence-electron chi connectivity index (χ0n) is 13.2. The minimum Gasteiger partial charge on any atom is -0.384 e. The average Bonchev–Trinajstić information content (AvgIpc) is 2.52. The Morgan fingerprint density at radius 2 is 1.85 bits per heavy atom. The molecular formula is C17H25NO2. The summed E-state index contributed by atoms with van der Waals surface area (Å²) in [5.74, 6) is 0.00173. The summed E-state index contributed by atoms with van der Waals surface area (Å²) < 4.78 is 4.92. The molecule has 1 amide bonds. The van der Waals surface area contributed by atoms with Crippen LogP contribution < -0.4 is 5.32 Å².